The molecule has 2 unspecified atom stereocenters. The smallest absolute Gasteiger partial charge is 0.412 e. The quantitative estimate of drug-likeness (QED) is 0.214. The molecule has 2 atom stereocenters. The van der Waals surface area contributed by atoms with Gasteiger partial charge in [0.25, 0.3) is 0 Å². The van der Waals surface area contributed by atoms with Crippen LogP contribution in [-0.4, -0.2) is 20.0 Å². The number of thiol groups is 1. The fourth-order valence-corrected chi connectivity index (χ4v) is 7.71. The highest BCUT2D eigenvalue weighted by molar-refractivity contribution is 7.83. The molecule has 0 aromatic heterocycles. The Balaban J connectivity index is 3.45. The van der Waals surface area contributed by atoms with Crippen molar-refractivity contribution in [2.45, 2.75) is 116 Å². The van der Waals surface area contributed by atoms with Crippen LogP contribution in [0.15, 0.2) is 18.2 Å². The molecule has 0 radical (unpaired) electrons. The van der Waals surface area contributed by atoms with Crippen molar-refractivity contribution in [2.75, 3.05) is 6.61 Å². The molecule has 0 fully saturated rings. The third kappa shape index (κ3) is 7.63. The second-order valence-electron chi connectivity index (χ2n) is 10.4. The van der Waals surface area contributed by atoms with Gasteiger partial charge in [-0.15, -0.1) is 0 Å². The van der Waals surface area contributed by atoms with Crippen LogP contribution >= 0.6 is 12.6 Å². The Morgan fingerprint density at radius 3 is 2.03 bits per heavy atom. The van der Waals surface area contributed by atoms with E-state index < -0.39 is 8.56 Å². The summed E-state index contributed by atoms with van der Waals surface area (Å²) in [5, 5.41) is 0. The van der Waals surface area contributed by atoms with Gasteiger partial charge in [0, 0.05) is 12.7 Å². The Bertz CT molecular complexity index is 618. The Hall–Kier alpha value is -0.453. The molecule has 2 nitrogen and oxygen atoms in total. The first-order valence-corrected chi connectivity index (χ1v) is 14.2. The Labute approximate surface area is 187 Å². The van der Waals surface area contributed by atoms with E-state index in [0.29, 0.717) is 0 Å². The maximum atomic E-state index is 6.97. The molecular formula is C25H46O2SSi. The van der Waals surface area contributed by atoms with E-state index in [1.807, 2.05) is 0 Å². The van der Waals surface area contributed by atoms with E-state index in [4.69, 9.17) is 21.5 Å². The Morgan fingerprint density at radius 1 is 0.931 bits per heavy atom. The lowest BCUT2D eigenvalue weighted by Crippen LogP contribution is -2.54. The maximum Gasteiger partial charge on any atom is 0.412 e. The molecule has 0 bridgehead atoms. The van der Waals surface area contributed by atoms with Gasteiger partial charge in [-0.1, -0.05) is 93.7 Å². The van der Waals surface area contributed by atoms with Crippen LogP contribution in [0, 0.1) is 0 Å². The van der Waals surface area contributed by atoms with Gasteiger partial charge in [-0.05, 0) is 40.9 Å². The lowest BCUT2D eigenvalue weighted by Gasteiger charge is -2.37. The SMILES string of the molecule is CCCCO[Si](CCCC)(Oc1ccc(C(C)(C)C)cc1C(C)(C)C)C(S)CC. The maximum absolute atomic E-state index is 6.97. The monoisotopic (exact) mass is 438 g/mol. The van der Waals surface area contributed by atoms with Gasteiger partial charge >= 0.3 is 8.56 Å². The fourth-order valence-electron chi connectivity index (χ4n) is 3.46. The molecule has 4 heteroatoms. The lowest BCUT2D eigenvalue weighted by atomic mass is 9.80. The van der Waals surface area contributed by atoms with Crippen LogP contribution < -0.4 is 4.43 Å². The van der Waals surface area contributed by atoms with Crippen molar-refractivity contribution in [3.63, 3.8) is 0 Å². The van der Waals surface area contributed by atoms with E-state index in [9.17, 15) is 0 Å². The summed E-state index contributed by atoms with van der Waals surface area (Å²) in [7, 11) is -2.51. The minimum atomic E-state index is -2.51. The number of rotatable bonds is 11. The molecule has 0 N–H and O–H groups in total. The molecular weight excluding hydrogens is 392 g/mol. The highest BCUT2D eigenvalue weighted by atomic mass is 32.1. The molecule has 0 aliphatic rings. The van der Waals surface area contributed by atoms with E-state index in [2.05, 4.69) is 80.5 Å². The standard InChI is InChI=1S/C25H46O2SSi/c1-10-13-17-26-29(18-14-11-2,23(28)12-3)27-22-16-15-20(24(4,5)6)19-21(22)25(7,8)9/h15-16,19,23,28H,10-14,17-18H2,1-9H3. The summed E-state index contributed by atoms with van der Waals surface area (Å²) in [6.07, 6.45) is 5.45. The fraction of sp³-hybridized carbons (Fsp3) is 0.760. The summed E-state index contributed by atoms with van der Waals surface area (Å²) >= 11 is 5.00. The van der Waals surface area contributed by atoms with Crippen molar-refractivity contribution in [1.82, 2.24) is 0 Å². The molecule has 1 rings (SSSR count). The molecule has 0 amide bonds. The minimum absolute atomic E-state index is 0.00319. The number of unbranched alkanes of at least 4 members (excludes halogenated alkanes) is 2. The minimum Gasteiger partial charge on any atom is -0.519 e. The van der Waals surface area contributed by atoms with Crippen LogP contribution in [0.4, 0.5) is 0 Å². The zero-order valence-corrected chi connectivity index (χ0v) is 22.4. The second-order valence-corrected chi connectivity index (χ2v) is 14.8. The van der Waals surface area contributed by atoms with Crippen LogP contribution in [0.2, 0.25) is 6.04 Å². The molecule has 0 heterocycles. The van der Waals surface area contributed by atoms with Crippen molar-refractivity contribution in [3.8, 4) is 5.75 Å². The predicted octanol–water partition coefficient (Wildman–Crippen LogP) is 7.97. The first-order valence-electron chi connectivity index (χ1n) is 11.6. The van der Waals surface area contributed by atoms with Crippen molar-refractivity contribution in [3.05, 3.63) is 29.3 Å². The molecule has 168 valence electrons. The molecule has 1 aromatic rings. The van der Waals surface area contributed by atoms with E-state index in [1.54, 1.807) is 0 Å². The summed E-state index contributed by atoms with van der Waals surface area (Å²) in [5.74, 6) is 0.997. The molecule has 0 saturated carbocycles. The van der Waals surface area contributed by atoms with E-state index in [1.165, 1.54) is 11.1 Å². The van der Waals surface area contributed by atoms with Crippen LogP contribution in [0.5, 0.6) is 5.75 Å². The molecule has 29 heavy (non-hydrogen) atoms. The van der Waals surface area contributed by atoms with E-state index >= 15 is 0 Å². The van der Waals surface area contributed by atoms with Crippen LogP contribution in [-0.2, 0) is 15.3 Å². The third-order valence-electron chi connectivity index (χ3n) is 5.55. The van der Waals surface area contributed by atoms with Crippen molar-refractivity contribution >= 4 is 21.2 Å². The first-order chi connectivity index (χ1) is 13.4. The summed E-state index contributed by atoms with van der Waals surface area (Å²) in [6.45, 7) is 21.0. The summed E-state index contributed by atoms with van der Waals surface area (Å²) < 4.78 is 13.6. The number of hydrogen-bond donors (Lipinski definition) is 1. The summed E-state index contributed by atoms with van der Waals surface area (Å²) in [4.78, 5) is 0.168. The van der Waals surface area contributed by atoms with Crippen molar-refractivity contribution in [1.29, 1.82) is 0 Å². The van der Waals surface area contributed by atoms with Crippen molar-refractivity contribution < 1.29 is 8.85 Å². The zero-order valence-electron chi connectivity index (χ0n) is 20.5. The highest BCUT2D eigenvalue weighted by Crippen LogP contribution is 2.39. The molecule has 0 spiro atoms. The van der Waals surface area contributed by atoms with Gasteiger partial charge in [-0.25, -0.2) is 0 Å². The van der Waals surface area contributed by atoms with E-state index in [0.717, 1.165) is 50.5 Å². The lowest BCUT2D eigenvalue weighted by molar-refractivity contribution is 0.226. The third-order valence-corrected chi connectivity index (χ3v) is 10.8. The topological polar surface area (TPSA) is 18.5 Å². The van der Waals surface area contributed by atoms with Crippen molar-refractivity contribution in [2.24, 2.45) is 0 Å². The molecule has 0 aliphatic heterocycles. The largest absolute Gasteiger partial charge is 0.519 e. The Morgan fingerprint density at radius 2 is 1.55 bits per heavy atom. The summed E-state index contributed by atoms with van der Waals surface area (Å²) in [6, 6.07) is 7.77. The first kappa shape index (κ1) is 26.6. The molecule has 0 aliphatic carbocycles. The average molecular weight is 439 g/mol. The Kier molecular flexibility index (Phi) is 10.3. The highest BCUT2D eigenvalue weighted by Gasteiger charge is 2.46. The van der Waals surface area contributed by atoms with Gasteiger partial charge in [0.05, 0.1) is 4.87 Å². The second kappa shape index (κ2) is 11.2. The van der Waals surface area contributed by atoms with Crippen LogP contribution in [0.25, 0.3) is 0 Å². The normalized spacial score (nSPS) is 15.8. The van der Waals surface area contributed by atoms with Gasteiger partial charge < -0.3 is 8.85 Å². The van der Waals surface area contributed by atoms with E-state index in [-0.39, 0.29) is 15.7 Å². The zero-order chi connectivity index (χ0) is 22.3. The molecule has 1 aromatic carbocycles. The predicted molar refractivity (Wildman–Crippen MR) is 134 cm³/mol. The number of hydrogen-bond acceptors (Lipinski definition) is 3. The molecule has 0 saturated heterocycles. The van der Waals surface area contributed by atoms with Gasteiger partial charge in [-0.2, -0.15) is 12.6 Å². The average Bonchev–Trinajstić information content (AvgIpc) is 2.64. The van der Waals surface area contributed by atoms with Gasteiger partial charge in [0.2, 0.25) is 0 Å². The summed E-state index contributed by atoms with van der Waals surface area (Å²) in [5.41, 5.74) is 2.74. The van der Waals surface area contributed by atoms with Gasteiger partial charge in [-0.3, -0.25) is 0 Å². The number of benzene rings is 1. The van der Waals surface area contributed by atoms with Crippen LogP contribution in [0.1, 0.15) is 106 Å². The van der Waals surface area contributed by atoms with Gasteiger partial charge in [0.1, 0.15) is 5.75 Å². The van der Waals surface area contributed by atoms with Crippen LogP contribution in [0.3, 0.4) is 0 Å². The van der Waals surface area contributed by atoms with Gasteiger partial charge in [0.15, 0.2) is 0 Å².